The molecule has 43 heavy (non-hydrogen) atoms. The van der Waals surface area contributed by atoms with Gasteiger partial charge in [-0.1, -0.05) is 19.1 Å². The molecular formula is C31H36FN3O7S. The lowest BCUT2D eigenvalue weighted by atomic mass is 10.1. The Balaban J connectivity index is 1.72. The van der Waals surface area contributed by atoms with Crippen LogP contribution in [0.5, 0.6) is 17.2 Å². The van der Waals surface area contributed by atoms with Crippen molar-refractivity contribution in [1.29, 1.82) is 0 Å². The Morgan fingerprint density at radius 1 is 1.00 bits per heavy atom. The summed E-state index contributed by atoms with van der Waals surface area (Å²) in [4.78, 5) is 28.4. The number of nitrogens with zero attached hydrogens (tertiary/aromatic N) is 2. The third-order valence-corrected chi connectivity index (χ3v) is 8.92. The number of sulfonamides is 1. The van der Waals surface area contributed by atoms with Gasteiger partial charge in [-0.25, -0.2) is 12.8 Å². The average Bonchev–Trinajstić information content (AvgIpc) is 3.02. The third kappa shape index (κ3) is 7.56. The van der Waals surface area contributed by atoms with Crippen LogP contribution in [0.15, 0.2) is 71.6 Å². The Morgan fingerprint density at radius 2 is 1.70 bits per heavy atom. The lowest BCUT2D eigenvalue weighted by Crippen LogP contribution is -2.52. The van der Waals surface area contributed by atoms with Crippen molar-refractivity contribution in [3.05, 3.63) is 78.1 Å². The van der Waals surface area contributed by atoms with Crippen LogP contribution in [0.1, 0.15) is 32.8 Å². The van der Waals surface area contributed by atoms with Crippen molar-refractivity contribution in [3.8, 4) is 17.2 Å². The van der Waals surface area contributed by atoms with Crippen molar-refractivity contribution < 1.29 is 36.6 Å². The first-order valence-corrected chi connectivity index (χ1v) is 15.4. The number of methoxy groups -OCH3 is 1. The number of halogens is 1. The van der Waals surface area contributed by atoms with E-state index in [4.69, 9.17) is 14.2 Å². The molecular weight excluding hydrogens is 577 g/mol. The van der Waals surface area contributed by atoms with Gasteiger partial charge in [0.1, 0.15) is 37.4 Å². The molecule has 4 rings (SSSR count). The molecule has 3 aromatic rings. The number of fused-ring (bicyclic) bond motifs is 1. The molecule has 0 bridgehead atoms. The van der Waals surface area contributed by atoms with Gasteiger partial charge < -0.3 is 24.4 Å². The highest BCUT2D eigenvalue weighted by molar-refractivity contribution is 7.92. The summed E-state index contributed by atoms with van der Waals surface area (Å²) >= 11 is 0. The fourth-order valence-electron chi connectivity index (χ4n) is 4.46. The van der Waals surface area contributed by atoms with Crippen molar-refractivity contribution in [3.63, 3.8) is 0 Å². The molecule has 0 saturated carbocycles. The number of benzene rings is 3. The van der Waals surface area contributed by atoms with Crippen LogP contribution in [-0.4, -0.2) is 64.1 Å². The summed E-state index contributed by atoms with van der Waals surface area (Å²) in [6, 6.07) is 14.9. The molecule has 0 saturated heterocycles. The fourth-order valence-corrected chi connectivity index (χ4v) is 5.89. The fraction of sp³-hybridized carbons (Fsp3) is 0.355. The van der Waals surface area contributed by atoms with E-state index in [1.165, 1.54) is 42.3 Å². The third-order valence-electron chi connectivity index (χ3n) is 7.15. The number of anilines is 1. The van der Waals surface area contributed by atoms with E-state index in [2.05, 4.69) is 5.32 Å². The van der Waals surface area contributed by atoms with E-state index in [0.29, 0.717) is 30.1 Å². The number of hydrogen-bond acceptors (Lipinski definition) is 7. The van der Waals surface area contributed by atoms with Crippen LogP contribution in [0.3, 0.4) is 0 Å². The molecule has 1 aliphatic heterocycles. The van der Waals surface area contributed by atoms with Crippen molar-refractivity contribution in [2.24, 2.45) is 0 Å². The van der Waals surface area contributed by atoms with Crippen LogP contribution < -0.4 is 23.8 Å². The maximum Gasteiger partial charge on any atom is 0.264 e. The quantitative estimate of drug-likeness (QED) is 0.327. The SMILES string of the molecule is CC[C@@H](C)NC(=O)[C@H](C)N(Cc1cccc(OC)c1)C(=O)CN(c1ccc(F)cc1)S(=O)(=O)c1ccc2c(c1)OCCO2. The molecule has 0 spiro atoms. The zero-order valence-electron chi connectivity index (χ0n) is 24.6. The first-order valence-electron chi connectivity index (χ1n) is 13.9. The monoisotopic (exact) mass is 613 g/mol. The van der Waals surface area contributed by atoms with Crippen molar-refractivity contribution in [2.45, 2.75) is 50.7 Å². The van der Waals surface area contributed by atoms with Gasteiger partial charge in [-0.2, -0.15) is 0 Å². The lowest BCUT2D eigenvalue weighted by Gasteiger charge is -2.32. The number of amides is 2. The summed E-state index contributed by atoms with van der Waals surface area (Å²) in [5.41, 5.74) is 0.751. The van der Waals surface area contributed by atoms with E-state index in [1.54, 1.807) is 31.2 Å². The second-order valence-corrected chi connectivity index (χ2v) is 12.0. The molecule has 1 aliphatic rings. The Kier molecular flexibility index (Phi) is 10.1. The van der Waals surface area contributed by atoms with Crippen molar-refractivity contribution in [2.75, 3.05) is 31.2 Å². The predicted octanol–water partition coefficient (Wildman–Crippen LogP) is 4.13. The second kappa shape index (κ2) is 13.8. The molecule has 10 nitrogen and oxygen atoms in total. The average molecular weight is 614 g/mol. The zero-order valence-corrected chi connectivity index (χ0v) is 25.4. The van der Waals surface area contributed by atoms with E-state index < -0.39 is 34.3 Å². The topological polar surface area (TPSA) is 114 Å². The number of nitrogens with one attached hydrogen (secondary N) is 1. The maximum atomic E-state index is 14.1. The molecule has 0 aliphatic carbocycles. The summed E-state index contributed by atoms with van der Waals surface area (Å²) in [5.74, 6) is -0.362. The minimum atomic E-state index is -4.37. The molecule has 230 valence electrons. The second-order valence-electron chi connectivity index (χ2n) is 10.2. The number of hydrogen-bond donors (Lipinski definition) is 1. The zero-order chi connectivity index (χ0) is 31.1. The standard InChI is InChI=1S/C31H36FN3O7S/c1-5-21(2)33-31(37)22(3)34(19-23-7-6-8-26(17-23)40-4)30(36)20-35(25-11-9-24(32)10-12-25)43(38,39)27-13-14-28-29(18-27)42-16-15-41-28/h6-14,17-18,21-22H,5,15-16,19-20H2,1-4H3,(H,33,37)/t21-,22+/m1/s1. The summed E-state index contributed by atoms with van der Waals surface area (Å²) in [7, 11) is -2.85. The number of ether oxygens (including phenoxy) is 3. The Morgan fingerprint density at radius 3 is 2.37 bits per heavy atom. The summed E-state index contributed by atoms with van der Waals surface area (Å²) in [5, 5.41) is 2.89. The van der Waals surface area contributed by atoms with E-state index >= 15 is 0 Å². The van der Waals surface area contributed by atoms with Crippen LogP contribution in [0.25, 0.3) is 0 Å². The molecule has 2 atom stereocenters. The van der Waals surface area contributed by atoms with Gasteiger partial charge in [0.2, 0.25) is 11.8 Å². The number of carbonyl (C=O) groups excluding carboxylic acids is 2. The minimum Gasteiger partial charge on any atom is -0.497 e. The Bertz CT molecular complexity index is 1550. The maximum absolute atomic E-state index is 14.1. The first kappa shape index (κ1) is 31.6. The normalized spacial score (nSPS) is 13.9. The minimum absolute atomic E-state index is 0.00640. The molecule has 0 fully saturated rings. The molecule has 1 heterocycles. The van der Waals surface area contributed by atoms with E-state index in [0.717, 1.165) is 16.4 Å². The molecule has 12 heteroatoms. The molecule has 0 radical (unpaired) electrons. The van der Waals surface area contributed by atoms with Gasteiger partial charge in [0.15, 0.2) is 11.5 Å². The van der Waals surface area contributed by atoms with Gasteiger partial charge in [0.05, 0.1) is 17.7 Å². The number of carbonyl (C=O) groups is 2. The predicted molar refractivity (Wildman–Crippen MR) is 159 cm³/mol. The highest BCUT2D eigenvalue weighted by Gasteiger charge is 2.33. The van der Waals surface area contributed by atoms with Crippen LogP contribution >= 0.6 is 0 Å². The smallest absolute Gasteiger partial charge is 0.264 e. The Hall–Kier alpha value is -4.32. The van der Waals surface area contributed by atoms with Crippen LogP contribution in [0.2, 0.25) is 0 Å². The summed E-state index contributed by atoms with van der Waals surface area (Å²) in [6.07, 6.45) is 0.689. The van der Waals surface area contributed by atoms with Crippen LogP contribution in [0, 0.1) is 5.82 Å². The van der Waals surface area contributed by atoms with E-state index in [9.17, 15) is 22.4 Å². The molecule has 0 aromatic heterocycles. The lowest BCUT2D eigenvalue weighted by molar-refractivity contribution is -0.139. The van der Waals surface area contributed by atoms with Crippen molar-refractivity contribution >= 4 is 27.5 Å². The molecule has 3 aromatic carbocycles. The first-order chi connectivity index (χ1) is 20.5. The van der Waals surface area contributed by atoms with Gasteiger partial charge in [0.25, 0.3) is 10.0 Å². The highest BCUT2D eigenvalue weighted by Crippen LogP contribution is 2.34. The van der Waals surface area contributed by atoms with Gasteiger partial charge in [0, 0.05) is 18.7 Å². The summed E-state index contributed by atoms with van der Waals surface area (Å²) in [6.45, 7) is 5.31. The molecule has 2 amide bonds. The van der Waals surface area contributed by atoms with Crippen LogP contribution in [0.4, 0.5) is 10.1 Å². The van der Waals surface area contributed by atoms with Gasteiger partial charge in [-0.3, -0.25) is 13.9 Å². The van der Waals surface area contributed by atoms with Crippen LogP contribution in [-0.2, 0) is 26.2 Å². The molecule has 1 N–H and O–H groups in total. The van der Waals surface area contributed by atoms with Gasteiger partial charge in [-0.05, 0) is 74.4 Å². The summed E-state index contributed by atoms with van der Waals surface area (Å²) < 4.78 is 59.3. The van der Waals surface area contributed by atoms with Gasteiger partial charge in [-0.15, -0.1) is 0 Å². The van der Waals surface area contributed by atoms with Crippen molar-refractivity contribution in [1.82, 2.24) is 10.2 Å². The van der Waals surface area contributed by atoms with E-state index in [1.807, 2.05) is 13.8 Å². The Labute approximate surface area is 251 Å². The molecule has 0 unspecified atom stereocenters. The largest absolute Gasteiger partial charge is 0.497 e. The highest BCUT2D eigenvalue weighted by atomic mass is 32.2. The van der Waals surface area contributed by atoms with Gasteiger partial charge >= 0.3 is 0 Å². The van der Waals surface area contributed by atoms with E-state index in [-0.39, 0.29) is 41.4 Å². The number of rotatable bonds is 12.